The molecule has 0 saturated carbocycles. The molecule has 0 aromatic rings. The average Bonchev–Trinajstić information content (AvgIpc) is 2.34. The van der Waals surface area contributed by atoms with Gasteiger partial charge in [0.05, 0.1) is 0 Å². The minimum absolute atomic E-state index is 0.909. The summed E-state index contributed by atoms with van der Waals surface area (Å²) in [5, 5.41) is 0. The van der Waals surface area contributed by atoms with E-state index in [1.165, 1.54) is 57.8 Å². The maximum atomic E-state index is 2.45. The third-order valence-electron chi connectivity index (χ3n) is 4.53. The summed E-state index contributed by atoms with van der Waals surface area (Å²) in [6.07, 6.45) is 12.8. The van der Waals surface area contributed by atoms with Crippen molar-refractivity contribution in [3.63, 3.8) is 0 Å². The number of unbranched alkanes of at least 4 members (excludes halogenated alkanes) is 4. The second-order valence-electron chi connectivity index (χ2n) is 6.25. The van der Waals surface area contributed by atoms with Crippen molar-refractivity contribution in [1.29, 1.82) is 0 Å². The van der Waals surface area contributed by atoms with Gasteiger partial charge in [0, 0.05) is 0 Å². The first-order valence-corrected chi connectivity index (χ1v) is 8.11. The maximum Gasteiger partial charge on any atom is -0.0417 e. The molecule has 0 aliphatic carbocycles. The first-order chi connectivity index (χ1) is 8.11. The highest BCUT2D eigenvalue weighted by Crippen LogP contribution is 2.24. The Morgan fingerprint density at radius 3 is 1.88 bits per heavy atom. The van der Waals surface area contributed by atoms with Crippen LogP contribution < -0.4 is 0 Å². The number of hydrogen-bond donors (Lipinski definition) is 0. The highest BCUT2D eigenvalue weighted by molar-refractivity contribution is 4.63. The van der Waals surface area contributed by atoms with Crippen molar-refractivity contribution in [3.05, 3.63) is 0 Å². The Morgan fingerprint density at radius 2 is 1.29 bits per heavy atom. The van der Waals surface area contributed by atoms with Gasteiger partial charge in [0.2, 0.25) is 0 Å². The van der Waals surface area contributed by atoms with Crippen LogP contribution in [0.4, 0.5) is 0 Å². The summed E-state index contributed by atoms with van der Waals surface area (Å²) in [7, 11) is 0. The molecule has 0 heteroatoms. The fourth-order valence-corrected chi connectivity index (χ4v) is 2.47. The van der Waals surface area contributed by atoms with Gasteiger partial charge in [-0.15, -0.1) is 0 Å². The Labute approximate surface area is 111 Å². The molecule has 0 spiro atoms. The van der Waals surface area contributed by atoms with Gasteiger partial charge >= 0.3 is 0 Å². The Morgan fingerprint density at radius 1 is 0.647 bits per heavy atom. The zero-order valence-corrected chi connectivity index (χ0v) is 13.1. The molecule has 0 aliphatic heterocycles. The van der Waals surface area contributed by atoms with Crippen molar-refractivity contribution in [3.8, 4) is 0 Å². The van der Waals surface area contributed by atoms with Crippen molar-refractivity contribution in [2.45, 2.75) is 92.4 Å². The molecule has 0 aliphatic rings. The second-order valence-corrected chi connectivity index (χ2v) is 6.25. The first kappa shape index (κ1) is 17.0. The second kappa shape index (κ2) is 11.1. The Bertz CT molecular complexity index is 150. The molecule has 0 bridgehead atoms. The van der Waals surface area contributed by atoms with Gasteiger partial charge in [-0.3, -0.25) is 0 Å². The average molecular weight is 240 g/mol. The van der Waals surface area contributed by atoms with E-state index in [9.17, 15) is 0 Å². The lowest BCUT2D eigenvalue weighted by molar-refractivity contribution is 0.316. The molecule has 0 saturated heterocycles. The lowest BCUT2D eigenvalue weighted by Crippen LogP contribution is -2.08. The van der Waals surface area contributed by atoms with Gasteiger partial charge in [0.25, 0.3) is 0 Å². The number of hydrogen-bond acceptors (Lipinski definition) is 0. The van der Waals surface area contributed by atoms with Crippen LogP contribution in [-0.4, -0.2) is 0 Å². The molecule has 0 rings (SSSR count). The van der Waals surface area contributed by atoms with Gasteiger partial charge in [0.15, 0.2) is 0 Å². The summed E-state index contributed by atoms with van der Waals surface area (Å²) in [4.78, 5) is 0. The predicted octanol–water partition coefficient (Wildman–Crippen LogP) is 6.45. The van der Waals surface area contributed by atoms with Crippen LogP contribution in [0.15, 0.2) is 0 Å². The Kier molecular flexibility index (Phi) is 11.1. The van der Waals surface area contributed by atoms with Crippen LogP contribution in [0.1, 0.15) is 92.4 Å². The molecule has 0 radical (unpaired) electrons. The fraction of sp³-hybridized carbons (Fsp3) is 1.00. The lowest BCUT2D eigenvalue weighted by atomic mass is 9.86. The van der Waals surface area contributed by atoms with Gasteiger partial charge in [-0.05, 0) is 17.8 Å². The van der Waals surface area contributed by atoms with E-state index < -0.39 is 0 Å². The molecule has 0 aromatic heterocycles. The Hall–Kier alpha value is 0. The largest absolute Gasteiger partial charge is 0.0654 e. The molecule has 0 fully saturated rings. The third kappa shape index (κ3) is 9.68. The molecule has 3 unspecified atom stereocenters. The van der Waals surface area contributed by atoms with Gasteiger partial charge in [-0.25, -0.2) is 0 Å². The van der Waals surface area contributed by atoms with Crippen molar-refractivity contribution in [1.82, 2.24) is 0 Å². The molecule has 3 atom stereocenters. The Balaban J connectivity index is 3.42. The predicted molar refractivity (Wildman–Crippen MR) is 80.4 cm³/mol. The molecule has 0 heterocycles. The SMILES string of the molecule is CCCCCCCC(C)CCC(C)C(C)CC. The molecular weight excluding hydrogens is 204 g/mol. The van der Waals surface area contributed by atoms with Gasteiger partial charge in [0.1, 0.15) is 0 Å². The van der Waals surface area contributed by atoms with E-state index in [1.807, 2.05) is 0 Å². The van der Waals surface area contributed by atoms with E-state index in [-0.39, 0.29) is 0 Å². The van der Waals surface area contributed by atoms with E-state index in [0.29, 0.717) is 0 Å². The summed E-state index contributed by atoms with van der Waals surface area (Å²) < 4.78 is 0. The maximum absolute atomic E-state index is 2.45. The summed E-state index contributed by atoms with van der Waals surface area (Å²) >= 11 is 0. The summed E-state index contributed by atoms with van der Waals surface area (Å²) in [5.41, 5.74) is 0. The van der Waals surface area contributed by atoms with Crippen molar-refractivity contribution in [2.75, 3.05) is 0 Å². The molecule has 0 N–H and O–H groups in total. The summed E-state index contributed by atoms with van der Waals surface area (Å²) in [6.45, 7) is 11.9. The highest BCUT2D eigenvalue weighted by atomic mass is 14.2. The summed E-state index contributed by atoms with van der Waals surface area (Å²) in [6, 6.07) is 0. The van der Waals surface area contributed by atoms with Crippen LogP contribution in [0.25, 0.3) is 0 Å². The van der Waals surface area contributed by atoms with Crippen molar-refractivity contribution >= 4 is 0 Å². The molecule has 0 nitrogen and oxygen atoms in total. The smallest absolute Gasteiger partial charge is 0.0417 e. The normalized spacial score (nSPS) is 16.8. The van der Waals surface area contributed by atoms with E-state index >= 15 is 0 Å². The standard InChI is InChI=1S/C17H36/c1-6-8-9-10-11-12-15(3)13-14-17(5)16(4)7-2/h15-17H,6-14H2,1-5H3. The van der Waals surface area contributed by atoms with Crippen molar-refractivity contribution in [2.24, 2.45) is 17.8 Å². The minimum atomic E-state index is 0.909. The molecule has 17 heavy (non-hydrogen) atoms. The van der Waals surface area contributed by atoms with Crippen LogP contribution in [0, 0.1) is 17.8 Å². The van der Waals surface area contributed by atoms with Gasteiger partial charge < -0.3 is 0 Å². The van der Waals surface area contributed by atoms with E-state index in [0.717, 1.165) is 17.8 Å². The molecule has 104 valence electrons. The van der Waals surface area contributed by atoms with Crippen LogP contribution in [0.3, 0.4) is 0 Å². The van der Waals surface area contributed by atoms with Gasteiger partial charge in [-0.2, -0.15) is 0 Å². The highest BCUT2D eigenvalue weighted by Gasteiger charge is 2.11. The monoisotopic (exact) mass is 240 g/mol. The summed E-state index contributed by atoms with van der Waals surface area (Å²) in [5.74, 6) is 2.78. The molecule has 0 amide bonds. The van der Waals surface area contributed by atoms with Crippen LogP contribution in [0.2, 0.25) is 0 Å². The lowest BCUT2D eigenvalue weighted by Gasteiger charge is -2.20. The van der Waals surface area contributed by atoms with Crippen molar-refractivity contribution < 1.29 is 0 Å². The van der Waals surface area contributed by atoms with Crippen LogP contribution in [-0.2, 0) is 0 Å². The third-order valence-corrected chi connectivity index (χ3v) is 4.53. The first-order valence-electron chi connectivity index (χ1n) is 8.11. The molecule has 0 aromatic carbocycles. The topological polar surface area (TPSA) is 0 Å². The van der Waals surface area contributed by atoms with Gasteiger partial charge in [-0.1, -0.05) is 92.4 Å². The number of rotatable bonds is 11. The quantitative estimate of drug-likeness (QED) is 0.364. The van der Waals surface area contributed by atoms with E-state index in [4.69, 9.17) is 0 Å². The minimum Gasteiger partial charge on any atom is -0.0654 e. The zero-order chi connectivity index (χ0) is 13.1. The zero-order valence-electron chi connectivity index (χ0n) is 13.1. The van der Waals surface area contributed by atoms with E-state index in [1.54, 1.807) is 0 Å². The molecular formula is C17H36. The van der Waals surface area contributed by atoms with Crippen LogP contribution >= 0.6 is 0 Å². The van der Waals surface area contributed by atoms with E-state index in [2.05, 4.69) is 34.6 Å². The fourth-order valence-electron chi connectivity index (χ4n) is 2.47. The van der Waals surface area contributed by atoms with Crippen LogP contribution in [0.5, 0.6) is 0 Å².